The zero-order valence-corrected chi connectivity index (χ0v) is 21.1. The molecule has 0 radical (unpaired) electrons. The molecular formula is C29H35N5O2. The van der Waals surface area contributed by atoms with E-state index in [1.54, 1.807) is 12.3 Å². The molecule has 3 heterocycles. The summed E-state index contributed by atoms with van der Waals surface area (Å²) >= 11 is 0. The monoisotopic (exact) mass is 485 g/mol. The second kappa shape index (κ2) is 11.0. The third-order valence-corrected chi connectivity index (χ3v) is 7.37. The molecule has 1 aromatic heterocycles. The van der Waals surface area contributed by atoms with E-state index in [1.807, 2.05) is 42.3 Å². The van der Waals surface area contributed by atoms with Crippen LogP contribution in [0.1, 0.15) is 36.8 Å². The van der Waals surface area contributed by atoms with Crippen molar-refractivity contribution in [3.8, 4) is 0 Å². The summed E-state index contributed by atoms with van der Waals surface area (Å²) in [5, 5.41) is 4.41. The lowest BCUT2D eigenvalue weighted by Gasteiger charge is -2.35. The summed E-state index contributed by atoms with van der Waals surface area (Å²) < 4.78 is 1.48. The maximum Gasteiger partial charge on any atom is 0.269 e. The Hall–Kier alpha value is -3.61. The highest BCUT2D eigenvalue weighted by molar-refractivity contribution is 5.79. The van der Waals surface area contributed by atoms with E-state index in [2.05, 4.69) is 39.2 Å². The Morgan fingerprint density at radius 3 is 2.36 bits per heavy atom. The molecule has 0 saturated carbocycles. The second-order valence-electron chi connectivity index (χ2n) is 10.0. The molecule has 7 heteroatoms. The smallest absolute Gasteiger partial charge is 0.269 e. The van der Waals surface area contributed by atoms with Gasteiger partial charge in [0.1, 0.15) is 0 Å². The van der Waals surface area contributed by atoms with Crippen molar-refractivity contribution in [2.24, 2.45) is 5.92 Å². The number of benzene rings is 2. The van der Waals surface area contributed by atoms with Gasteiger partial charge in [0.05, 0.1) is 24.3 Å². The fourth-order valence-electron chi connectivity index (χ4n) is 5.34. The molecule has 1 atom stereocenters. The van der Waals surface area contributed by atoms with Crippen molar-refractivity contribution in [2.75, 3.05) is 43.0 Å². The molecule has 0 unspecified atom stereocenters. The molecule has 188 valence electrons. The third-order valence-electron chi connectivity index (χ3n) is 7.37. The van der Waals surface area contributed by atoms with Crippen LogP contribution in [0.25, 0.3) is 0 Å². The summed E-state index contributed by atoms with van der Waals surface area (Å²) in [5.74, 6) is 0.0769. The zero-order valence-electron chi connectivity index (χ0n) is 21.1. The Morgan fingerprint density at radius 1 is 0.917 bits per heavy atom. The van der Waals surface area contributed by atoms with Crippen molar-refractivity contribution < 1.29 is 4.79 Å². The molecule has 7 nitrogen and oxygen atoms in total. The summed E-state index contributed by atoms with van der Waals surface area (Å²) in [6.45, 7) is 4.76. The van der Waals surface area contributed by atoms with Gasteiger partial charge in [-0.05, 0) is 48.9 Å². The number of aromatic nitrogens is 2. The molecule has 2 saturated heterocycles. The van der Waals surface area contributed by atoms with Gasteiger partial charge in [-0.1, -0.05) is 42.5 Å². The van der Waals surface area contributed by atoms with Crippen LogP contribution in [0.4, 0.5) is 11.4 Å². The lowest BCUT2D eigenvalue weighted by Crippen LogP contribution is -2.44. The van der Waals surface area contributed by atoms with Gasteiger partial charge in [-0.25, -0.2) is 4.68 Å². The molecule has 2 aliphatic rings. The molecule has 0 N–H and O–H groups in total. The van der Waals surface area contributed by atoms with E-state index in [1.165, 1.54) is 23.2 Å². The van der Waals surface area contributed by atoms with E-state index in [0.29, 0.717) is 19.6 Å². The summed E-state index contributed by atoms with van der Waals surface area (Å²) in [5.41, 5.74) is 4.12. The van der Waals surface area contributed by atoms with Crippen LogP contribution in [0.5, 0.6) is 0 Å². The fourth-order valence-corrected chi connectivity index (χ4v) is 5.34. The Bertz CT molecular complexity index is 1220. The van der Waals surface area contributed by atoms with E-state index >= 15 is 0 Å². The standard InChI is InChI=1S/C29H35N5O2/c1-31(20-24-11-13-26(14-12-24)32-15-5-6-16-32)29(36)25-10-7-17-33(22-25)27-18-28(35)34(30-19-27)21-23-8-3-2-4-9-23/h2-4,8-9,11-14,18-19,25H,5-7,10,15-17,20-22H2,1H3/t25-/m0/s1. The van der Waals surface area contributed by atoms with Gasteiger partial charge in [0.15, 0.2) is 0 Å². The normalized spacial score (nSPS) is 17.9. The first-order valence-corrected chi connectivity index (χ1v) is 13.0. The molecular weight excluding hydrogens is 450 g/mol. The minimum absolute atomic E-state index is 0.0839. The zero-order chi connectivity index (χ0) is 24.9. The minimum atomic E-state index is -0.126. The van der Waals surface area contributed by atoms with Crippen LogP contribution in [0.15, 0.2) is 71.7 Å². The average molecular weight is 486 g/mol. The molecule has 36 heavy (non-hydrogen) atoms. The number of rotatable bonds is 7. The molecule has 1 amide bonds. The first kappa shape index (κ1) is 24.1. The number of amides is 1. The fraction of sp³-hybridized carbons (Fsp3) is 0.414. The number of carbonyl (C=O) groups excluding carboxylic acids is 1. The average Bonchev–Trinajstić information content (AvgIpc) is 3.46. The first-order chi connectivity index (χ1) is 17.6. The lowest BCUT2D eigenvalue weighted by atomic mass is 9.96. The van der Waals surface area contributed by atoms with Crippen LogP contribution in [0.3, 0.4) is 0 Å². The number of nitrogens with zero attached hydrogens (tertiary/aromatic N) is 5. The highest BCUT2D eigenvalue weighted by Gasteiger charge is 2.28. The Balaban J connectivity index is 1.19. The summed E-state index contributed by atoms with van der Waals surface area (Å²) in [6, 6.07) is 20.1. The van der Waals surface area contributed by atoms with Gasteiger partial charge < -0.3 is 14.7 Å². The number of hydrogen-bond donors (Lipinski definition) is 0. The number of hydrogen-bond acceptors (Lipinski definition) is 5. The van der Waals surface area contributed by atoms with Crippen LogP contribution in [-0.4, -0.2) is 53.8 Å². The maximum absolute atomic E-state index is 13.3. The van der Waals surface area contributed by atoms with Crippen LogP contribution < -0.4 is 15.4 Å². The van der Waals surface area contributed by atoms with Gasteiger partial charge >= 0.3 is 0 Å². The summed E-state index contributed by atoms with van der Waals surface area (Å²) in [7, 11) is 1.89. The second-order valence-corrected chi connectivity index (χ2v) is 10.0. The number of carbonyl (C=O) groups is 1. The van der Waals surface area contributed by atoms with E-state index in [9.17, 15) is 9.59 Å². The van der Waals surface area contributed by atoms with Crippen LogP contribution in [0, 0.1) is 5.92 Å². The lowest BCUT2D eigenvalue weighted by molar-refractivity contribution is -0.135. The molecule has 2 aromatic carbocycles. The van der Waals surface area contributed by atoms with Crippen LogP contribution in [-0.2, 0) is 17.9 Å². The maximum atomic E-state index is 13.3. The van der Waals surface area contributed by atoms with Crippen molar-refractivity contribution in [1.29, 1.82) is 0 Å². The van der Waals surface area contributed by atoms with Crippen molar-refractivity contribution in [3.63, 3.8) is 0 Å². The molecule has 0 spiro atoms. The van der Waals surface area contributed by atoms with Crippen molar-refractivity contribution in [1.82, 2.24) is 14.7 Å². The van der Waals surface area contributed by atoms with Gasteiger partial charge in [-0.2, -0.15) is 5.10 Å². The SMILES string of the molecule is CN(Cc1ccc(N2CCCC2)cc1)C(=O)[C@H]1CCCN(c2cnn(Cc3ccccc3)c(=O)c2)C1. The van der Waals surface area contributed by atoms with E-state index in [4.69, 9.17) is 0 Å². The highest BCUT2D eigenvalue weighted by atomic mass is 16.2. The van der Waals surface area contributed by atoms with Crippen molar-refractivity contribution in [2.45, 2.75) is 38.8 Å². The predicted octanol–water partition coefficient (Wildman–Crippen LogP) is 3.77. The largest absolute Gasteiger partial charge is 0.372 e. The van der Waals surface area contributed by atoms with E-state index in [-0.39, 0.29) is 17.4 Å². The molecule has 5 rings (SSSR count). The quantitative estimate of drug-likeness (QED) is 0.510. The van der Waals surface area contributed by atoms with Gasteiger partial charge in [-0.15, -0.1) is 0 Å². The van der Waals surface area contributed by atoms with Gasteiger partial charge in [-0.3, -0.25) is 9.59 Å². The number of piperidine rings is 1. The molecule has 3 aromatic rings. The van der Waals surface area contributed by atoms with Crippen LogP contribution >= 0.6 is 0 Å². The van der Waals surface area contributed by atoms with Crippen molar-refractivity contribution in [3.05, 3.63) is 88.3 Å². The van der Waals surface area contributed by atoms with Gasteiger partial charge in [0.2, 0.25) is 5.91 Å². The third kappa shape index (κ3) is 5.61. The molecule has 2 fully saturated rings. The van der Waals surface area contributed by atoms with E-state index < -0.39 is 0 Å². The molecule has 2 aliphatic heterocycles. The molecule has 0 bridgehead atoms. The minimum Gasteiger partial charge on any atom is -0.372 e. The first-order valence-electron chi connectivity index (χ1n) is 13.0. The highest BCUT2D eigenvalue weighted by Crippen LogP contribution is 2.24. The number of anilines is 2. The van der Waals surface area contributed by atoms with Crippen LogP contribution in [0.2, 0.25) is 0 Å². The summed E-state index contributed by atoms with van der Waals surface area (Å²) in [4.78, 5) is 32.4. The van der Waals surface area contributed by atoms with Crippen molar-refractivity contribution >= 4 is 17.3 Å². The Labute approximate surface area is 212 Å². The van der Waals surface area contributed by atoms with Gasteiger partial charge in [0, 0.05) is 51.5 Å². The Kier molecular flexibility index (Phi) is 7.35. The topological polar surface area (TPSA) is 61.7 Å². The molecule has 0 aliphatic carbocycles. The summed E-state index contributed by atoms with van der Waals surface area (Å²) in [6.07, 6.45) is 6.07. The predicted molar refractivity (Wildman–Crippen MR) is 143 cm³/mol. The Morgan fingerprint density at radius 2 is 1.64 bits per heavy atom. The van der Waals surface area contributed by atoms with Gasteiger partial charge in [0.25, 0.3) is 5.56 Å². The van der Waals surface area contributed by atoms with E-state index in [0.717, 1.165) is 49.3 Å².